The number of H-pyrrole nitrogens is 1. The zero-order valence-electron chi connectivity index (χ0n) is 7.68. The Balaban J connectivity index is 2.18. The summed E-state index contributed by atoms with van der Waals surface area (Å²) in [6, 6.07) is 8.88. The van der Waals surface area contributed by atoms with Gasteiger partial charge >= 0.3 is 0 Å². The molecule has 2 N–H and O–H groups in total. The summed E-state index contributed by atoms with van der Waals surface area (Å²) in [6.07, 6.45) is 1.41. The number of carbonyl (C=O) groups excluding carboxylic acids is 1. The first-order valence-corrected chi connectivity index (χ1v) is 4.66. The van der Waals surface area contributed by atoms with E-state index < -0.39 is 0 Å². The number of nitrogens with one attached hydrogen (secondary N) is 2. The van der Waals surface area contributed by atoms with Gasteiger partial charge < -0.3 is 0 Å². The van der Waals surface area contributed by atoms with Gasteiger partial charge in [0.05, 0.1) is 0 Å². The highest BCUT2D eigenvalue weighted by Gasteiger charge is 2.04. The molecule has 1 amide bonds. The maximum atomic E-state index is 11.6. The number of hydrogen-bond acceptors (Lipinski definition) is 3. The Morgan fingerprint density at radius 2 is 2.13 bits per heavy atom. The van der Waals surface area contributed by atoms with Crippen LogP contribution in [0.1, 0.15) is 10.4 Å². The second-order valence-corrected chi connectivity index (χ2v) is 3.23. The number of hydrogen-bond donors (Lipinski definition) is 2. The fourth-order valence-corrected chi connectivity index (χ4v) is 1.24. The predicted molar refractivity (Wildman–Crippen MR) is 57.5 cm³/mol. The SMILES string of the molecule is O=C(Nn1cn[nH]c1=S)c1ccccc1. The number of nitrogens with zero attached hydrogens (tertiary/aromatic N) is 2. The molecule has 1 aromatic carbocycles. The Bertz CT molecular complexity index is 516. The summed E-state index contributed by atoms with van der Waals surface area (Å²) in [4.78, 5) is 11.6. The average Bonchev–Trinajstić information content (AvgIpc) is 2.66. The van der Waals surface area contributed by atoms with Gasteiger partial charge in [0.2, 0.25) is 4.77 Å². The van der Waals surface area contributed by atoms with Crippen LogP contribution in [-0.4, -0.2) is 20.8 Å². The Hall–Kier alpha value is -1.95. The van der Waals surface area contributed by atoms with Crippen molar-refractivity contribution in [2.45, 2.75) is 0 Å². The first kappa shape index (κ1) is 9.60. The lowest BCUT2D eigenvalue weighted by molar-refractivity contribution is 0.101. The fourth-order valence-electron chi connectivity index (χ4n) is 1.09. The van der Waals surface area contributed by atoms with Gasteiger partial charge in [-0.2, -0.15) is 5.10 Å². The second-order valence-electron chi connectivity index (χ2n) is 2.84. The standard InChI is InChI=1S/C9H8N4OS/c14-8(7-4-2-1-3-5-7)12-13-6-10-11-9(13)15/h1-6H,(H,11,15)(H,12,14). The van der Waals surface area contributed by atoms with Gasteiger partial charge in [-0.25, -0.2) is 4.68 Å². The van der Waals surface area contributed by atoms with Gasteiger partial charge in [-0.05, 0) is 24.4 Å². The van der Waals surface area contributed by atoms with E-state index in [4.69, 9.17) is 12.2 Å². The molecule has 1 aromatic heterocycles. The summed E-state index contributed by atoms with van der Waals surface area (Å²) in [5.41, 5.74) is 3.16. The zero-order valence-corrected chi connectivity index (χ0v) is 8.49. The van der Waals surface area contributed by atoms with Crippen molar-refractivity contribution < 1.29 is 4.79 Å². The van der Waals surface area contributed by atoms with E-state index in [1.54, 1.807) is 24.3 Å². The first-order valence-electron chi connectivity index (χ1n) is 4.26. The number of aromatic nitrogens is 3. The van der Waals surface area contributed by atoms with Gasteiger partial charge in [0, 0.05) is 5.56 Å². The molecule has 2 aromatic rings. The molecule has 0 unspecified atom stereocenters. The molecule has 0 aliphatic rings. The maximum absolute atomic E-state index is 11.6. The van der Waals surface area contributed by atoms with Crippen molar-refractivity contribution in [2.75, 3.05) is 5.43 Å². The third-order valence-corrected chi connectivity index (χ3v) is 2.10. The van der Waals surface area contributed by atoms with Crippen LogP contribution in [0.5, 0.6) is 0 Å². The zero-order chi connectivity index (χ0) is 10.7. The number of amides is 1. The van der Waals surface area contributed by atoms with Gasteiger partial charge in [-0.1, -0.05) is 18.2 Å². The molecule has 76 valence electrons. The van der Waals surface area contributed by atoms with E-state index in [0.29, 0.717) is 10.3 Å². The van der Waals surface area contributed by atoms with Crippen LogP contribution in [0.25, 0.3) is 0 Å². The van der Waals surface area contributed by atoms with Crippen LogP contribution in [0, 0.1) is 4.77 Å². The molecule has 0 aliphatic carbocycles. The molecule has 0 saturated heterocycles. The van der Waals surface area contributed by atoms with Crippen LogP contribution in [0.4, 0.5) is 0 Å². The van der Waals surface area contributed by atoms with Crippen molar-refractivity contribution in [2.24, 2.45) is 0 Å². The topological polar surface area (TPSA) is 62.7 Å². The molecule has 6 heteroatoms. The largest absolute Gasteiger partial charge is 0.270 e. The predicted octanol–water partition coefficient (Wildman–Crippen LogP) is 1.32. The minimum atomic E-state index is -0.229. The number of benzene rings is 1. The Morgan fingerprint density at radius 3 is 2.73 bits per heavy atom. The molecule has 5 nitrogen and oxygen atoms in total. The molecule has 0 spiro atoms. The van der Waals surface area contributed by atoms with E-state index >= 15 is 0 Å². The maximum Gasteiger partial charge on any atom is 0.270 e. The summed E-state index contributed by atoms with van der Waals surface area (Å²) >= 11 is 4.88. The van der Waals surface area contributed by atoms with Gasteiger partial charge in [-0.3, -0.25) is 15.3 Å². The molecule has 0 atom stereocenters. The molecule has 0 fully saturated rings. The number of aromatic amines is 1. The van der Waals surface area contributed by atoms with E-state index in [-0.39, 0.29) is 5.91 Å². The van der Waals surface area contributed by atoms with Crippen LogP contribution in [0.15, 0.2) is 36.7 Å². The molecule has 1 heterocycles. The van der Waals surface area contributed by atoms with Crippen LogP contribution in [-0.2, 0) is 0 Å². The third-order valence-electron chi connectivity index (χ3n) is 1.81. The number of carbonyl (C=O) groups is 1. The van der Waals surface area contributed by atoms with E-state index in [1.807, 2.05) is 6.07 Å². The first-order chi connectivity index (χ1) is 7.27. The molecule has 0 radical (unpaired) electrons. The summed E-state index contributed by atoms with van der Waals surface area (Å²) < 4.78 is 1.70. The smallest absolute Gasteiger partial charge is 0.267 e. The lowest BCUT2D eigenvalue weighted by Gasteiger charge is -2.03. The van der Waals surface area contributed by atoms with Gasteiger partial charge in [-0.15, -0.1) is 0 Å². The molecule has 0 aliphatic heterocycles. The summed E-state index contributed by atoms with van der Waals surface area (Å²) in [7, 11) is 0. The Morgan fingerprint density at radius 1 is 1.40 bits per heavy atom. The van der Waals surface area contributed by atoms with Crippen LogP contribution >= 0.6 is 12.2 Å². The van der Waals surface area contributed by atoms with Crippen molar-refractivity contribution in [3.8, 4) is 0 Å². The highest BCUT2D eigenvalue weighted by molar-refractivity contribution is 7.71. The minimum absolute atomic E-state index is 0.229. The van der Waals surface area contributed by atoms with Crippen molar-refractivity contribution >= 4 is 18.1 Å². The molecule has 0 saturated carbocycles. The number of rotatable bonds is 2. The molecular weight excluding hydrogens is 212 g/mol. The summed E-state index contributed by atoms with van der Waals surface area (Å²) in [6.45, 7) is 0. The van der Waals surface area contributed by atoms with Crippen molar-refractivity contribution in [3.05, 3.63) is 47.0 Å². The normalized spacial score (nSPS) is 9.87. The molecular formula is C9H8N4OS. The quantitative estimate of drug-likeness (QED) is 0.750. The molecule has 0 bridgehead atoms. The third kappa shape index (κ3) is 2.10. The van der Waals surface area contributed by atoms with Crippen LogP contribution in [0.3, 0.4) is 0 Å². The highest BCUT2D eigenvalue weighted by Crippen LogP contribution is 1.98. The second kappa shape index (κ2) is 4.05. The van der Waals surface area contributed by atoms with Crippen molar-refractivity contribution in [1.29, 1.82) is 0 Å². The van der Waals surface area contributed by atoms with Crippen LogP contribution in [0.2, 0.25) is 0 Å². The lowest BCUT2D eigenvalue weighted by atomic mass is 10.2. The highest BCUT2D eigenvalue weighted by atomic mass is 32.1. The van der Waals surface area contributed by atoms with E-state index in [0.717, 1.165) is 0 Å². The fraction of sp³-hybridized carbons (Fsp3) is 0. The van der Waals surface area contributed by atoms with E-state index in [1.165, 1.54) is 11.0 Å². The average molecular weight is 220 g/mol. The summed E-state index contributed by atoms with van der Waals surface area (Å²) in [5.74, 6) is -0.229. The minimum Gasteiger partial charge on any atom is -0.267 e. The molecule has 2 rings (SSSR count). The van der Waals surface area contributed by atoms with E-state index in [9.17, 15) is 4.79 Å². The van der Waals surface area contributed by atoms with Crippen molar-refractivity contribution in [3.63, 3.8) is 0 Å². The van der Waals surface area contributed by atoms with Crippen molar-refractivity contribution in [1.82, 2.24) is 14.9 Å². The van der Waals surface area contributed by atoms with E-state index in [2.05, 4.69) is 15.6 Å². The molecule has 15 heavy (non-hydrogen) atoms. The monoisotopic (exact) mass is 220 g/mol. The van der Waals surface area contributed by atoms with Gasteiger partial charge in [0.25, 0.3) is 5.91 Å². The Labute approximate surface area is 90.7 Å². The van der Waals surface area contributed by atoms with Gasteiger partial charge in [0.15, 0.2) is 0 Å². The summed E-state index contributed by atoms with van der Waals surface area (Å²) in [5, 5.41) is 6.23. The van der Waals surface area contributed by atoms with Crippen LogP contribution < -0.4 is 5.43 Å². The lowest BCUT2D eigenvalue weighted by Crippen LogP contribution is -2.22. The van der Waals surface area contributed by atoms with Gasteiger partial charge in [0.1, 0.15) is 6.33 Å². The Kier molecular flexibility index (Phi) is 2.59.